The number of carbonyl (C=O) groups excluding carboxylic acids is 1. The fourth-order valence-electron chi connectivity index (χ4n) is 2.56. The highest BCUT2D eigenvalue weighted by Gasteiger charge is 2.30. The zero-order valence-corrected chi connectivity index (χ0v) is 14.9. The van der Waals surface area contributed by atoms with Crippen LogP contribution in [0.3, 0.4) is 0 Å². The van der Waals surface area contributed by atoms with E-state index in [4.69, 9.17) is 11.6 Å². The molecule has 1 aromatic carbocycles. The maximum absolute atomic E-state index is 11.3. The summed E-state index contributed by atoms with van der Waals surface area (Å²) in [6.07, 6.45) is 2.69. The molecular formula is C17H17ClN4OS. The number of hydrogen-bond donors (Lipinski definition) is 1. The molecule has 0 fully saturated rings. The molecule has 2 heterocycles. The van der Waals surface area contributed by atoms with Gasteiger partial charge in [0.1, 0.15) is 5.37 Å². The summed E-state index contributed by atoms with van der Waals surface area (Å²) >= 11 is 7.42. The summed E-state index contributed by atoms with van der Waals surface area (Å²) in [6.45, 7) is 4.84. The van der Waals surface area contributed by atoms with E-state index in [-0.39, 0.29) is 5.37 Å². The summed E-state index contributed by atoms with van der Waals surface area (Å²) in [5.74, 6) is 0.508. The average molecular weight is 361 g/mol. The lowest BCUT2D eigenvalue weighted by Gasteiger charge is -2.21. The van der Waals surface area contributed by atoms with E-state index in [9.17, 15) is 4.79 Å². The molecule has 124 valence electrons. The van der Waals surface area contributed by atoms with Crippen LogP contribution in [0.2, 0.25) is 5.02 Å². The molecule has 7 heteroatoms. The Morgan fingerprint density at radius 1 is 1.33 bits per heavy atom. The molecule has 0 amide bonds. The van der Waals surface area contributed by atoms with Gasteiger partial charge in [0.2, 0.25) is 5.95 Å². The number of nitrogens with one attached hydrogen (secondary N) is 1. The second-order valence-electron chi connectivity index (χ2n) is 5.24. The van der Waals surface area contributed by atoms with Gasteiger partial charge >= 0.3 is 0 Å². The van der Waals surface area contributed by atoms with Crippen LogP contribution in [0.15, 0.2) is 42.2 Å². The molecule has 3 rings (SSSR count). The molecule has 1 atom stereocenters. The molecule has 0 saturated carbocycles. The molecular weight excluding hydrogens is 344 g/mol. The van der Waals surface area contributed by atoms with Crippen molar-refractivity contribution in [3.8, 4) is 0 Å². The van der Waals surface area contributed by atoms with E-state index in [1.807, 2.05) is 32.0 Å². The number of anilines is 2. The highest BCUT2D eigenvalue weighted by Crippen LogP contribution is 2.42. The van der Waals surface area contributed by atoms with Crippen molar-refractivity contribution in [1.82, 2.24) is 14.9 Å². The van der Waals surface area contributed by atoms with Gasteiger partial charge in [-0.3, -0.25) is 0 Å². The predicted molar refractivity (Wildman–Crippen MR) is 99.2 cm³/mol. The topological polar surface area (TPSA) is 58.1 Å². The van der Waals surface area contributed by atoms with Crippen LogP contribution >= 0.6 is 23.4 Å². The summed E-state index contributed by atoms with van der Waals surface area (Å²) in [7, 11) is 0. The van der Waals surface area contributed by atoms with Crippen LogP contribution in [0, 0.1) is 0 Å². The molecule has 0 aliphatic carbocycles. The van der Waals surface area contributed by atoms with Crippen molar-refractivity contribution in [2.45, 2.75) is 19.2 Å². The van der Waals surface area contributed by atoms with Crippen molar-refractivity contribution < 1.29 is 4.79 Å². The third-order valence-electron chi connectivity index (χ3n) is 3.75. The highest BCUT2D eigenvalue weighted by molar-refractivity contribution is 8.09. The number of carbonyl (C=O) groups is 1. The Morgan fingerprint density at radius 2 is 2.08 bits per heavy atom. The van der Waals surface area contributed by atoms with Gasteiger partial charge in [0.05, 0.1) is 10.6 Å². The smallest absolute Gasteiger partial charge is 0.227 e. The van der Waals surface area contributed by atoms with Crippen molar-refractivity contribution in [2.75, 3.05) is 11.9 Å². The van der Waals surface area contributed by atoms with Gasteiger partial charge in [-0.2, -0.15) is 0 Å². The molecule has 5 nitrogen and oxygen atoms in total. The number of aldehydes is 1. The number of benzene rings is 1. The summed E-state index contributed by atoms with van der Waals surface area (Å²) < 4.78 is 0. The molecule has 0 radical (unpaired) electrons. The summed E-state index contributed by atoms with van der Waals surface area (Å²) in [4.78, 5) is 23.2. The van der Waals surface area contributed by atoms with Crippen LogP contribution in [0.5, 0.6) is 0 Å². The first-order valence-corrected chi connectivity index (χ1v) is 8.83. The predicted octanol–water partition coefficient (Wildman–Crippen LogP) is 4.16. The summed E-state index contributed by atoms with van der Waals surface area (Å²) in [5.41, 5.74) is 2.74. The number of aromatic nitrogens is 2. The number of thioether (sulfide) groups is 1. The Kier molecular flexibility index (Phi) is 5.06. The fourth-order valence-corrected chi connectivity index (χ4v) is 3.94. The first-order chi connectivity index (χ1) is 11.6. The van der Waals surface area contributed by atoms with Crippen molar-refractivity contribution in [1.29, 1.82) is 0 Å². The molecule has 1 aliphatic rings. The zero-order valence-electron chi connectivity index (χ0n) is 13.4. The van der Waals surface area contributed by atoms with Crippen LogP contribution < -0.4 is 5.32 Å². The summed E-state index contributed by atoms with van der Waals surface area (Å²) in [5, 5.41) is 3.66. The van der Waals surface area contributed by atoms with E-state index in [0.29, 0.717) is 11.0 Å². The molecule has 1 N–H and O–H groups in total. The average Bonchev–Trinajstić information content (AvgIpc) is 2.93. The SMILES string of the molecule is CCN1C(C)=C(c2ccnc(Nc3ccc(Cl)cc3)n2)SC1C=O. The Balaban J connectivity index is 1.86. The minimum absolute atomic E-state index is 0.187. The van der Waals surface area contributed by atoms with Crippen molar-refractivity contribution in [3.63, 3.8) is 0 Å². The molecule has 24 heavy (non-hydrogen) atoms. The molecule has 1 aliphatic heterocycles. The second kappa shape index (κ2) is 7.23. The second-order valence-corrected chi connectivity index (χ2v) is 6.81. The third-order valence-corrected chi connectivity index (χ3v) is 5.35. The van der Waals surface area contributed by atoms with Gasteiger partial charge in [0.15, 0.2) is 6.29 Å². The third kappa shape index (κ3) is 3.39. The lowest BCUT2D eigenvalue weighted by atomic mass is 10.3. The first kappa shape index (κ1) is 16.8. The van der Waals surface area contributed by atoms with E-state index in [0.717, 1.165) is 34.8 Å². The molecule has 1 unspecified atom stereocenters. The number of allylic oxidation sites excluding steroid dienone is 1. The van der Waals surface area contributed by atoms with Crippen LogP contribution in [0.4, 0.5) is 11.6 Å². The lowest BCUT2D eigenvalue weighted by molar-refractivity contribution is -0.109. The first-order valence-electron chi connectivity index (χ1n) is 7.58. The van der Waals surface area contributed by atoms with E-state index >= 15 is 0 Å². The lowest BCUT2D eigenvalue weighted by Crippen LogP contribution is -2.28. The van der Waals surface area contributed by atoms with Crippen molar-refractivity contribution in [2.24, 2.45) is 0 Å². The molecule has 0 saturated heterocycles. The number of halogens is 1. The Hall–Kier alpha value is -2.05. The number of nitrogens with zero attached hydrogens (tertiary/aromatic N) is 3. The van der Waals surface area contributed by atoms with E-state index in [1.165, 1.54) is 11.8 Å². The highest BCUT2D eigenvalue weighted by atomic mass is 35.5. The van der Waals surface area contributed by atoms with Crippen LogP contribution in [0.1, 0.15) is 19.5 Å². The van der Waals surface area contributed by atoms with Crippen molar-refractivity contribution in [3.05, 3.63) is 52.9 Å². The molecule has 1 aromatic heterocycles. The van der Waals surface area contributed by atoms with Gasteiger partial charge < -0.3 is 15.0 Å². The maximum atomic E-state index is 11.3. The Morgan fingerprint density at radius 3 is 2.71 bits per heavy atom. The van der Waals surface area contributed by atoms with Gasteiger partial charge in [-0.05, 0) is 44.2 Å². The monoisotopic (exact) mass is 360 g/mol. The standard InChI is InChI=1S/C17H17ClN4OS/c1-3-22-11(2)16(24-15(22)10-23)14-8-9-19-17(21-14)20-13-6-4-12(18)5-7-13/h4-10,15H,3H2,1-2H3,(H,19,20,21). The quantitative estimate of drug-likeness (QED) is 0.808. The number of hydrogen-bond acceptors (Lipinski definition) is 6. The van der Waals surface area contributed by atoms with Gasteiger partial charge in [-0.1, -0.05) is 23.4 Å². The number of likely N-dealkylation sites (N-methyl/N-ethyl adjacent to an activating group) is 1. The maximum Gasteiger partial charge on any atom is 0.227 e. The molecule has 0 spiro atoms. The van der Waals surface area contributed by atoms with Gasteiger partial charge in [-0.25, -0.2) is 9.97 Å². The normalized spacial score (nSPS) is 17.3. The molecule has 2 aromatic rings. The van der Waals surface area contributed by atoms with E-state index in [1.54, 1.807) is 18.3 Å². The van der Waals surface area contributed by atoms with E-state index < -0.39 is 0 Å². The van der Waals surface area contributed by atoms with E-state index in [2.05, 4.69) is 20.2 Å². The summed E-state index contributed by atoms with van der Waals surface area (Å²) in [6, 6.07) is 9.21. The number of rotatable bonds is 5. The minimum atomic E-state index is -0.187. The van der Waals surface area contributed by atoms with Gasteiger partial charge in [0, 0.05) is 29.1 Å². The Bertz CT molecular complexity index is 778. The van der Waals surface area contributed by atoms with Crippen molar-refractivity contribution >= 4 is 46.2 Å². The van der Waals surface area contributed by atoms with Crippen LogP contribution in [-0.4, -0.2) is 33.1 Å². The largest absolute Gasteiger partial charge is 0.356 e. The van der Waals surface area contributed by atoms with Crippen LogP contribution in [-0.2, 0) is 4.79 Å². The van der Waals surface area contributed by atoms with Gasteiger partial charge in [0.25, 0.3) is 0 Å². The van der Waals surface area contributed by atoms with Gasteiger partial charge in [-0.15, -0.1) is 0 Å². The molecule has 0 bridgehead atoms. The van der Waals surface area contributed by atoms with Crippen LogP contribution in [0.25, 0.3) is 4.91 Å². The fraction of sp³-hybridized carbons (Fsp3) is 0.235. The zero-order chi connectivity index (χ0) is 17.1. The minimum Gasteiger partial charge on any atom is -0.356 e. The Labute approximate surface area is 150 Å².